The molecular formula is C25H23ClN4O3. The minimum atomic E-state index is -0.274. The first-order valence-corrected chi connectivity index (χ1v) is 11.1. The third-order valence-electron chi connectivity index (χ3n) is 6.04. The van der Waals surface area contributed by atoms with Crippen LogP contribution in [0, 0.1) is 5.92 Å². The van der Waals surface area contributed by atoms with Crippen molar-refractivity contribution in [2.75, 3.05) is 24.0 Å². The molecule has 168 valence electrons. The highest BCUT2D eigenvalue weighted by Gasteiger charge is 2.44. The summed E-state index contributed by atoms with van der Waals surface area (Å²) in [6.07, 6.45) is 0. The summed E-state index contributed by atoms with van der Waals surface area (Å²) in [5, 5.41) is 8.48. The molecular weight excluding hydrogens is 440 g/mol. The number of methoxy groups -OCH3 is 1. The van der Waals surface area contributed by atoms with Gasteiger partial charge in [-0.15, -0.1) is 0 Å². The Morgan fingerprint density at radius 2 is 1.97 bits per heavy atom. The number of fused-ring (bicyclic) bond motifs is 3. The molecule has 5 rings (SSSR count). The van der Waals surface area contributed by atoms with Crippen molar-refractivity contribution in [3.63, 3.8) is 0 Å². The molecule has 1 saturated heterocycles. The Kier molecular flexibility index (Phi) is 5.66. The number of benzene rings is 3. The van der Waals surface area contributed by atoms with Crippen LogP contribution < -0.4 is 25.8 Å². The Balaban J connectivity index is 1.35. The van der Waals surface area contributed by atoms with Gasteiger partial charge in [-0.25, -0.2) is 10.4 Å². The second-order valence-electron chi connectivity index (χ2n) is 8.08. The molecule has 3 aromatic carbocycles. The average Bonchev–Trinajstić information content (AvgIpc) is 3.19. The van der Waals surface area contributed by atoms with Gasteiger partial charge in [-0.3, -0.25) is 9.59 Å². The highest BCUT2D eigenvalue weighted by atomic mass is 35.5. The van der Waals surface area contributed by atoms with Gasteiger partial charge in [-0.05, 0) is 65.7 Å². The van der Waals surface area contributed by atoms with Crippen LogP contribution in [0.1, 0.15) is 27.5 Å². The summed E-state index contributed by atoms with van der Waals surface area (Å²) in [5.74, 6) is 0.253. The number of hydrogen-bond acceptors (Lipinski definition) is 5. The van der Waals surface area contributed by atoms with Crippen LogP contribution in [0.4, 0.5) is 11.4 Å². The van der Waals surface area contributed by atoms with Gasteiger partial charge in [0.1, 0.15) is 5.75 Å². The van der Waals surface area contributed by atoms with Crippen molar-refractivity contribution in [2.45, 2.75) is 12.6 Å². The van der Waals surface area contributed by atoms with Gasteiger partial charge in [-0.2, -0.15) is 0 Å². The van der Waals surface area contributed by atoms with Crippen molar-refractivity contribution < 1.29 is 14.3 Å². The molecule has 1 fully saturated rings. The van der Waals surface area contributed by atoms with Gasteiger partial charge in [0.15, 0.2) is 0 Å². The molecule has 0 aromatic heterocycles. The zero-order chi connectivity index (χ0) is 22.9. The number of rotatable bonds is 5. The summed E-state index contributed by atoms with van der Waals surface area (Å²) in [6, 6.07) is 20.0. The molecule has 0 radical (unpaired) electrons. The van der Waals surface area contributed by atoms with E-state index < -0.39 is 0 Å². The zero-order valence-corrected chi connectivity index (χ0v) is 18.7. The number of carbonyl (C=O) groups is 2. The maximum atomic E-state index is 13.1. The van der Waals surface area contributed by atoms with Crippen LogP contribution in [0.25, 0.3) is 0 Å². The number of hydrogen-bond donors (Lipinski definition) is 3. The second kappa shape index (κ2) is 8.77. The Morgan fingerprint density at radius 1 is 1.15 bits per heavy atom. The van der Waals surface area contributed by atoms with Crippen molar-refractivity contribution in [3.8, 4) is 5.75 Å². The number of amides is 2. The van der Waals surface area contributed by atoms with E-state index in [4.69, 9.17) is 16.3 Å². The second-order valence-corrected chi connectivity index (χ2v) is 8.52. The van der Waals surface area contributed by atoms with E-state index in [0.29, 0.717) is 23.7 Å². The standard InChI is InChI=1S/C25H23ClN4O3/c1-33-19-8-6-18(7-9-19)30-25(32)21-14-27-22-10-5-16(12-20(22)23(21)29-30)24(31)28-13-15-3-2-4-17(26)11-15/h2-12,21,23,27,29H,13-14H2,1H3,(H,28,31). The minimum Gasteiger partial charge on any atom is -0.497 e. The molecule has 0 saturated carbocycles. The lowest BCUT2D eigenvalue weighted by Crippen LogP contribution is -2.35. The van der Waals surface area contributed by atoms with Crippen molar-refractivity contribution in [2.24, 2.45) is 5.92 Å². The van der Waals surface area contributed by atoms with E-state index in [-0.39, 0.29) is 23.8 Å². The molecule has 2 aliphatic rings. The number of halogens is 1. The highest BCUT2D eigenvalue weighted by Crippen LogP contribution is 2.40. The Bertz CT molecular complexity index is 1210. The summed E-state index contributed by atoms with van der Waals surface area (Å²) >= 11 is 6.03. The summed E-state index contributed by atoms with van der Waals surface area (Å²) < 4.78 is 5.21. The molecule has 2 amide bonds. The maximum absolute atomic E-state index is 13.1. The molecule has 2 atom stereocenters. The van der Waals surface area contributed by atoms with E-state index in [1.165, 1.54) is 0 Å². The van der Waals surface area contributed by atoms with Crippen LogP contribution in [0.15, 0.2) is 66.7 Å². The van der Waals surface area contributed by atoms with E-state index >= 15 is 0 Å². The average molecular weight is 463 g/mol. The molecule has 33 heavy (non-hydrogen) atoms. The SMILES string of the molecule is COc1ccc(N2NC3c4cc(C(=O)NCc5cccc(Cl)c5)ccc4NCC3C2=O)cc1. The predicted molar refractivity (Wildman–Crippen MR) is 127 cm³/mol. The quantitative estimate of drug-likeness (QED) is 0.535. The van der Waals surface area contributed by atoms with Crippen LogP contribution >= 0.6 is 11.6 Å². The zero-order valence-electron chi connectivity index (χ0n) is 18.0. The number of nitrogens with zero attached hydrogens (tertiary/aromatic N) is 1. The first kappa shape index (κ1) is 21.3. The van der Waals surface area contributed by atoms with Gasteiger partial charge in [0.2, 0.25) is 5.91 Å². The Hall–Kier alpha value is -3.55. The fourth-order valence-electron chi connectivity index (χ4n) is 4.30. The number of ether oxygens (including phenoxy) is 1. The molecule has 7 nitrogen and oxygen atoms in total. The van der Waals surface area contributed by atoms with Crippen LogP contribution in [-0.4, -0.2) is 25.5 Å². The molecule has 3 aromatic rings. The number of nitrogens with one attached hydrogen (secondary N) is 3. The highest BCUT2D eigenvalue weighted by molar-refractivity contribution is 6.30. The van der Waals surface area contributed by atoms with Gasteiger partial charge >= 0.3 is 0 Å². The third-order valence-corrected chi connectivity index (χ3v) is 6.28. The number of anilines is 2. The summed E-state index contributed by atoms with van der Waals surface area (Å²) in [5.41, 5.74) is 7.36. The normalized spacial score (nSPS) is 18.8. The first-order valence-electron chi connectivity index (χ1n) is 10.7. The largest absolute Gasteiger partial charge is 0.497 e. The topological polar surface area (TPSA) is 82.7 Å². The molecule has 0 aliphatic carbocycles. The van der Waals surface area contributed by atoms with Crippen LogP contribution in [0.5, 0.6) is 5.75 Å². The Labute approximate surface area is 196 Å². The summed E-state index contributed by atoms with van der Waals surface area (Å²) in [6.45, 7) is 0.902. The van der Waals surface area contributed by atoms with Gasteiger partial charge in [0, 0.05) is 29.4 Å². The van der Waals surface area contributed by atoms with Crippen molar-refractivity contribution in [3.05, 3.63) is 88.4 Å². The van der Waals surface area contributed by atoms with E-state index in [1.54, 1.807) is 24.3 Å². The van der Waals surface area contributed by atoms with Crippen molar-refractivity contribution in [1.29, 1.82) is 0 Å². The molecule has 0 spiro atoms. The lowest BCUT2D eigenvalue weighted by Gasteiger charge is -2.27. The summed E-state index contributed by atoms with van der Waals surface area (Å²) in [4.78, 5) is 25.9. The van der Waals surface area contributed by atoms with E-state index in [1.807, 2.05) is 54.6 Å². The van der Waals surface area contributed by atoms with Crippen LogP contribution in [0.2, 0.25) is 5.02 Å². The maximum Gasteiger partial charge on any atom is 0.251 e. The fraction of sp³-hybridized carbons (Fsp3) is 0.200. The number of hydrazine groups is 1. The van der Waals surface area contributed by atoms with Gasteiger partial charge in [0.05, 0.1) is 24.8 Å². The van der Waals surface area contributed by atoms with E-state index in [9.17, 15) is 9.59 Å². The predicted octanol–water partition coefficient (Wildman–Crippen LogP) is 3.91. The smallest absolute Gasteiger partial charge is 0.251 e. The van der Waals surface area contributed by atoms with Crippen molar-refractivity contribution in [1.82, 2.24) is 10.7 Å². The fourth-order valence-corrected chi connectivity index (χ4v) is 4.51. The molecule has 2 heterocycles. The van der Waals surface area contributed by atoms with Gasteiger partial charge in [0.25, 0.3) is 5.91 Å². The summed E-state index contributed by atoms with van der Waals surface area (Å²) in [7, 11) is 1.61. The van der Waals surface area contributed by atoms with E-state index in [2.05, 4.69) is 16.1 Å². The molecule has 8 heteroatoms. The molecule has 2 unspecified atom stereocenters. The lowest BCUT2D eigenvalue weighted by molar-refractivity contribution is -0.120. The van der Waals surface area contributed by atoms with Crippen LogP contribution in [0.3, 0.4) is 0 Å². The lowest BCUT2D eigenvalue weighted by atomic mass is 9.88. The molecule has 3 N–H and O–H groups in total. The monoisotopic (exact) mass is 462 g/mol. The van der Waals surface area contributed by atoms with E-state index in [0.717, 1.165) is 28.3 Å². The first-order chi connectivity index (χ1) is 16.0. The van der Waals surface area contributed by atoms with Gasteiger partial charge in [-0.1, -0.05) is 23.7 Å². The molecule has 0 bridgehead atoms. The Morgan fingerprint density at radius 3 is 2.73 bits per heavy atom. The minimum absolute atomic E-state index is 0.0147. The van der Waals surface area contributed by atoms with Crippen molar-refractivity contribution >= 4 is 34.8 Å². The van der Waals surface area contributed by atoms with Gasteiger partial charge < -0.3 is 15.4 Å². The molecule has 2 aliphatic heterocycles. The van der Waals surface area contributed by atoms with Crippen LogP contribution in [-0.2, 0) is 11.3 Å². The third kappa shape index (κ3) is 4.13. The number of carbonyl (C=O) groups excluding carboxylic acids is 2.